The minimum atomic E-state index is -4.03. The van der Waals surface area contributed by atoms with Crippen molar-refractivity contribution in [2.45, 2.75) is 17.4 Å². The van der Waals surface area contributed by atoms with Gasteiger partial charge in [0.05, 0.1) is 22.1 Å². The lowest BCUT2D eigenvalue weighted by Crippen LogP contribution is -2.35. The standard InChI is InChI=1S/C17H16ClFN2O5S2/c18-12-4-5-15(19)16(9-12)20-17(22)11-2-1-3-14(8-11)28(25,26)21-13-6-7-27(23,24)10-13/h1-5,8-9,13,21H,6-7,10H2,(H,20,22). The van der Waals surface area contributed by atoms with Crippen molar-refractivity contribution >= 4 is 43.1 Å². The number of sulfonamides is 1. The highest BCUT2D eigenvalue weighted by atomic mass is 35.5. The van der Waals surface area contributed by atoms with Crippen molar-refractivity contribution in [2.24, 2.45) is 0 Å². The lowest BCUT2D eigenvalue weighted by atomic mass is 10.2. The van der Waals surface area contributed by atoms with Crippen molar-refractivity contribution in [3.63, 3.8) is 0 Å². The minimum absolute atomic E-state index is 0.0127. The number of carbonyl (C=O) groups excluding carboxylic acids is 1. The smallest absolute Gasteiger partial charge is 0.255 e. The number of hydrogen-bond acceptors (Lipinski definition) is 5. The highest BCUT2D eigenvalue weighted by Gasteiger charge is 2.31. The van der Waals surface area contributed by atoms with E-state index < -0.39 is 37.6 Å². The summed E-state index contributed by atoms with van der Waals surface area (Å²) in [5.74, 6) is -1.75. The van der Waals surface area contributed by atoms with Crippen LogP contribution in [0.15, 0.2) is 47.4 Å². The fourth-order valence-corrected chi connectivity index (χ4v) is 6.03. The zero-order valence-corrected chi connectivity index (χ0v) is 16.7. The van der Waals surface area contributed by atoms with E-state index in [0.29, 0.717) is 0 Å². The molecule has 1 heterocycles. The van der Waals surface area contributed by atoms with Crippen LogP contribution in [-0.2, 0) is 19.9 Å². The number of hydrogen-bond donors (Lipinski definition) is 2. The number of halogens is 2. The van der Waals surface area contributed by atoms with Crippen LogP contribution in [0.4, 0.5) is 10.1 Å². The molecule has 0 saturated carbocycles. The largest absolute Gasteiger partial charge is 0.319 e. The second-order valence-electron chi connectivity index (χ2n) is 6.33. The summed E-state index contributed by atoms with van der Waals surface area (Å²) in [6.45, 7) is 0. The Morgan fingerprint density at radius 2 is 1.93 bits per heavy atom. The fourth-order valence-electron chi connectivity index (χ4n) is 2.77. The molecular formula is C17H16ClFN2O5S2. The number of nitrogens with one attached hydrogen (secondary N) is 2. The van der Waals surface area contributed by atoms with Gasteiger partial charge in [0.1, 0.15) is 5.82 Å². The van der Waals surface area contributed by atoms with E-state index in [1.807, 2.05) is 0 Å². The molecule has 1 fully saturated rings. The second-order valence-corrected chi connectivity index (χ2v) is 10.7. The molecule has 0 radical (unpaired) electrons. The summed E-state index contributed by atoms with van der Waals surface area (Å²) in [6.07, 6.45) is 0.190. The van der Waals surface area contributed by atoms with Crippen molar-refractivity contribution in [1.82, 2.24) is 4.72 Å². The Balaban J connectivity index is 1.79. The molecule has 1 aliphatic heterocycles. The van der Waals surface area contributed by atoms with Crippen LogP contribution >= 0.6 is 11.6 Å². The van der Waals surface area contributed by atoms with Crippen LogP contribution in [0.5, 0.6) is 0 Å². The first-order chi connectivity index (χ1) is 13.1. The van der Waals surface area contributed by atoms with Crippen molar-refractivity contribution < 1.29 is 26.0 Å². The molecule has 3 rings (SSSR count). The van der Waals surface area contributed by atoms with Gasteiger partial charge in [-0.2, -0.15) is 0 Å². The van der Waals surface area contributed by atoms with Crippen LogP contribution in [0, 0.1) is 5.82 Å². The molecule has 2 aromatic rings. The number of sulfone groups is 1. The first-order valence-corrected chi connectivity index (χ1v) is 11.8. The Labute approximate surface area is 166 Å². The van der Waals surface area contributed by atoms with Gasteiger partial charge in [-0.05, 0) is 42.8 Å². The molecule has 28 heavy (non-hydrogen) atoms. The highest BCUT2D eigenvalue weighted by molar-refractivity contribution is 7.92. The second kappa shape index (κ2) is 7.78. The summed E-state index contributed by atoms with van der Waals surface area (Å²) < 4.78 is 64.2. The number of rotatable bonds is 5. The van der Waals surface area contributed by atoms with E-state index in [9.17, 15) is 26.0 Å². The molecule has 2 N–H and O–H groups in total. The third kappa shape index (κ3) is 4.88. The predicted octanol–water partition coefficient (Wildman–Crippen LogP) is 2.20. The van der Waals surface area contributed by atoms with Gasteiger partial charge in [0.2, 0.25) is 10.0 Å². The summed E-state index contributed by atoms with van der Waals surface area (Å²) in [5.41, 5.74) is -0.152. The Hall–Kier alpha value is -2.01. The molecule has 150 valence electrons. The lowest BCUT2D eigenvalue weighted by Gasteiger charge is -2.12. The Morgan fingerprint density at radius 3 is 2.61 bits per heavy atom. The topological polar surface area (TPSA) is 109 Å². The maximum absolute atomic E-state index is 13.8. The molecule has 0 spiro atoms. The van der Waals surface area contributed by atoms with Gasteiger partial charge in [0, 0.05) is 16.6 Å². The van der Waals surface area contributed by atoms with Gasteiger partial charge in [-0.1, -0.05) is 17.7 Å². The quantitative estimate of drug-likeness (QED) is 0.731. The van der Waals surface area contributed by atoms with Crippen molar-refractivity contribution in [3.8, 4) is 0 Å². The summed E-state index contributed by atoms with van der Waals surface area (Å²) in [6, 6.07) is 8.09. The molecule has 0 aliphatic carbocycles. The zero-order chi connectivity index (χ0) is 20.5. The average molecular weight is 447 g/mol. The van der Waals surface area contributed by atoms with Gasteiger partial charge in [-0.3, -0.25) is 4.79 Å². The lowest BCUT2D eigenvalue weighted by molar-refractivity contribution is 0.102. The molecule has 11 heteroatoms. The maximum atomic E-state index is 13.8. The van der Waals surface area contributed by atoms with Crippen LogP contribution in [0.25, 0.3) is 0 Å². The van der Waals surface area contributed by atoms with Gasteiger partial charge in [-0.25, -0.2) is 25.9 Å². The Kier molecular flexibility index (Phi) is 5.76. The molecule has 1 saturated heterocycles. The highest BCUT2D eigenvalue weighted by Crippen LogP contribution is 2.21. The van der Waals surface area contributed by atoms with Crippen molar-refractivity contribution in [2.75, 3.05) is 16.8 Å². The van der Waals surface area contributed by atoms with Crippen LogP contribution in [0.3, 0.4) is 0 Å². The van der Waals surface area contributed by atoms with Crippen LogP contribution in [-0.4, -0.2) is 40.3 Å². The molecule has 1 amide bonds. The number of benzene rings is 2. The van der Waals surface area contributed by atoms with E-state index in [-0.39, 0.29) is 39.1 Å². The van der Waals surface area contributed by atoms with E-state index in [4.69, 9.17) is 11.6 Å². The van der Waals surface area contributed by atoms with E-state index in [1.54, 1.807) is 0 Å². The average Bonchev–Trinajstić information content (AvgIpc) is 2.96. The van der Waals surface area contributed by atoms with Gasteiger partial charge in [0.15, 0.2) is 9.84 Å². The van der Waals surface area contributed by atoms with E-state index in [1.165, 1.54) is 30.3 Å². The molecule has 1 unspecified atom stereocenters. The van der Waals surface area contributed by atoms with Gasteiger partial charge in [0.25, 0.3) is 5.91 Å². The monoisotopic (exact) mass is 446 g/mol. The molecule has 7 nitrogen and oxygen atoms in total. The van der Waals surface area contributed by atoms with E-state index in [0.717, 1.165) is 12.1 Å². The van der Waals surface area contributed by atoms with Gasteiger partial charge >= 0.3 is 0 Å². The number of carbonyl (C=O) groups is 1. The summed E-state index contributed by atoms with van der Waals surface area (Å²) in [4.78, 5) is 12.2. The van der Waals surface area contributed by atoms with Crippen LogP contribution in [0.1, 0.15) is 16.8 Å². The Morgan fingerprint density at radius 1 is 1.18 bits per heavy atom. The summed E-state index contributed by atoms with van der Waals surface area (Å²) in [5, 5.41) is 2.56. The molecular weight excluding hydrogens is 431 g/mol. The number of amides is 1. The van der Waals surface area contributed by atoms with Crippen molar-refractivity contribution in [1.29, 1.82) is 0 Å². The molecule has 0 bridgehead atoms. The normalized spacial score (nSPS) is 18.7. The molecule has 1 atom stereocenters. The SMILES string of the molecule is O=C(Nc1cc(Cl)ccc1F)c1cccc(S(=O)(=O)NC2CCS(=O)(=O)C2)c1. The summed E-state index contributed by atoms with van der Waals surface area (Å²) in [7, 11) is -7.28. The number of anilines is 1. The Bertz CT molecular complexity index is 1140. The zero-order valence-electron chi connectivity index (χ0n) is 14.4. The van der Waals surface area contributed by atoms with E-state index >= 15 is 0 Å². The third-order valence-corrected chi connectivity index (χ3v) is 7.66. The maximum Gasteiger partial charge on any atom is 0.255 e. The molecule has 2 aromatic carbocycles. The van der Waals surface area contributed by atoms with Gasteiger partial charge in [-0.15, -0.1) is 0 Å². The van der Waals surface area contributed by atoms with Crippen molar-refractivity contribution in [3.05, 3.63) is 58.9 Å². The minimum Gasteiger partial charge on any atom is -0.319 e. The summed E-state index contributed by atoms with van der Waals surface area (Å²) >= 11 is 5.78. The first-order valence-electron chi connectivity index (χ1n) is 8.15. The first kappa shape index (κ1) is 20.7. The predicted molar refractivity (Wildman–Crippen MR) is 103 cm³/mol. The third-order valence-electron chi connectivity index (χ3n) is 4.14. The van der Waals surface area contributed by atoms with E-state index in [2.05, 4.69) is 10.0 Å². The van der Waals surface area contributed by atoms with Crippen LogP contribution in [0.2, 0.25) is 5.02 Å². The molecule has 1 aliphatic rings. The molecule has 0 aromatic heterocycles. The van der Waals surface area contributed by atoms with Gasteiger partial charge < -0.3 is 5.32 Å². The fraction of sp³-hybridized carbons (Fsp3) is 0.235. The van der Waals surface area contributed by atoms with Crippen LogP contribution < -0.4 is 10.0 Å².